The normalized spacial score (nSPS) is 12.5. The van der Waals surface area contributed by atoms with Gasteiger partial charge in [0.25, 0.3) is 0 Å². The molecule has 0 atom stereocenters. The van der Waals surface area contributed by atoms with Crippen molar-refractivity contribution >= 4 is 81.7 Å². The molecule has 0 aliphatic rings. The summed E-state index contributed by atoms with van der Waals surface area (Å²) in [6, 6.07) is 37.1. The van der Waals surface area contributed by atoms with Gasteiger partial charge in [0.2, 0.25) is 5.95 Å². The minimum absolute atomic E-state index is 0.645. The maximum absolute atomic E-state index is 5.10. The van der Waals surface area contributed by atoms with Gasteiger partial charge in [-0.05, 0) is 60.2 Å². The van der Waals surface area contributed by atoms with E-state index in [2.05, 4.69) is 105 Å². The summed E-state index contributed by atoms with van der Waals surface area (Å²) < 4.78 is 4.71. The number of rotatable bonds is 1. The summed E-state index contributed by atoms with van der Waals surface area (Å²) in [4.78, 5) is 14.8. The highest BCUT2D eigenvalue weighted by molar-refractivity contribution is 6.34. The molecule has 0 aliphatic heterocycles. The van der Waals surface area contributed by atoms with Gasteiger partial charge in [0.15, 0.2) is 5.65 Å². The van der Waals surface area contributed by atoms with E-state index < -0.39 is 0 Å². The summed E-state index contributed by atoms with van der Waals surface area (Å²) in [5.41, 5.74) is 7.52. The molecule has 5 aromatic heterocycles. The Morgan fingerprint density at radius 1 is 0.537 bits per heavy atom. The van der Waals surface area contributed by atoms with Gasteiger partial charge in [-0.2, -0.15) is 4.98 Å². The Bertz CT molecular complexity index is 2710. The summed E-state index contributed by atoms with van der Waals surface area (Å²) in [7, 11) is 0. The van der Waals surface area contributed by atoms with Crippen LogP contribution in [-0.4, -0.2) is 23.9 Å². The summed E-state index contributed by atoms with van der Waals surface area (Å²) >= 11 is 0. The SMILES string of the molecule is Cc1nc(-n2c3cc4ccccc4cc3c3cc4c5ccccc5n5c6ccccc6c(c32)c45)nc2ncccc12. The quantitative estimate of drug-likeness (QED) is 0.216. The third-order valence-electron chi connectivity index (χ3n) is 8.81. The average Bonchev–Trinajstić information content (AvgIpc) is 3.64. The highest BCUT2D eigenvalue weighted by atomic mass is 15.2. The second kappa shape index (κ2) is 7.34. The Balaban J connectivity index is 1.54. The lowest BCUT2D eigenvalue weighted by Gasteiger charge is -2.10. The first-order valence-corrected chi connectivity index (χ1v) is 13.9. The van der Waals surface area contributed by atoms with Gasteiger partial charge in [-0.3, -0.25) is 4.57 Å². The minimum atomic E-state index is 0.645. The molecule has 5 aromatic carbocycles. The largest absolute Gasteiger partial charge is 0.308 e. The van der Waals surface area contributed by atoms with Crippen molar-refractivity contribution in [3.63, 3.8) is 0 Å². The van der Waals surface area contributed by atoms with Crippen molar-refractivity contribution in [1.29, 1.82) is 0 Å². The van der Waals surface area contributed by atoms with Crippen molar-refractivity contribution in [2.75, 3.05) is 0 Å². The molecular formula is C36H21N5. The number of hydrogen-bond acceptors (Lipinski definition) is 3. The van der Waals surface area contributed by atoms with Crippen LogP contribution in [0.1, 0.15) is 5.69 Å². The maximum atomic E-state index is 5.10. The second-order valence-corrected chi connectivity index (χ2v) is 10.9. The molecule has 5 nitrogen and oxygen atoms in total. The first kappa shape index (κ1) is 21.3. The van der Waals surface area contributed by atoms with Gasteiger partial charge in [-0.1, -0.05) is 60.7 Å². The standard InChI is InChI=1S/C36H21N5/c1-20-23-13-8-16-37-35(23)39-36(38-20)41-31-18-22-10-3-2-9-21(22)17-26(31)28-19-27-24-11-4-6-14-29(24)40-30-15-7-5-12-25(30)32(33(27)40)34(28)41/h2-19H,1H3. The molecule has 5 heterocycles. The van der Waals surface area contributed by atoms with Crippen molar-refractivity contribution in [1.82, 2.24) is 23.9 Å². The zero-order chi connectivity index (χ0) is 26.8. The highest BCUT2D eigenvalue weighted by Crippen LogP contribution is 2.46. The molecule has 0 radical (unpaired) electrons. The molecule has 0 amide bonds. The first-order valence-electron chi connectivity index (χ1n) is 13.9. The van der Waals surface area contributed by atoms with Gasteiger partial charge < -0.3 is 4.40 Å². The van der Waals surface area contributed by atoms with Gasteiger partial charge >= 0.3 is 0 Å². The van der Waals surface area contributed by atoms with E-state index in [0.717, 1.165) is 22.1 Å². The van der Waals surface area contributed by atoms with Gasteiger partial charge in [0.1, 0.15) is 0 Å². The molecule has 190 valence electrons. The van der Waals surface area contributed by atoms with E-state index in [1.807, 2.05) is 19.1 Å². The second-order valence-electron chi connectivity index (χ2n) is 10.9. The summed E-state index contributed by atoms with van der Waals surface area (Å²) in [6.07, 6.45) is 1.80. The van der Waals surface area contributed by atoms with Crippen LogP contribution in [0.3, 0.4) is 0 Å². The van der Waals surface area contributed by atoms with Crippen LogP contribution in [0.4, 0.5) is 0 Å². The van der Waals surface area contributed by atoms with Crippen molar-refractivity contribution in [2.45, 2.75) is 6.92 Å². The molecule has 0 unspecified atom stereocenters. The molecular weight excluding hydrogens is 502 g/mol. The van der Waals surface area contributed by atoms with Gasteiger partial charge in [0.05, 0.1) is 33.3 Å². The monoisotopic (exact) mass is 523 g/mol. The summed E-state index contributed by atoms with van der Waals surface area (Å²) in [5.74, 6) is 0.645. The molecule has 0 aliphatic carbocycles. The first-order chi connectivity index (χ1) is 20.3. The molecule has 10 rings (SSSR count). The lowest BCUT2D eigenvalue weighted by molar-refractivity contribution is 0.983. The maximum Gasteiger partial charge on any atom is 0.236 e. The van der Waals surface area contributed by atoms with Crippen molar-refractivity contribution in [2.24, 2.45) is 0 Å². The van der Waals surface area contributed by atoms with Gasteiger partial charge in [0, 0.05) is 43.9 Å². The molecule has 0 saturated carbocycles. The third kappa shape index (κ3) is 2.59. The van der Waals surface area contributed by atoms with E-state index in [1.165, 1.54) is 59.6 Å². The number of aromatic nitrogens is 5. The van der Waals surface area contributed by atoms with Crippen LogP contribution in [0.2, 0.25) is 0 Å². The molecule has 0 fully saturated rings. The minimum Gasteiger partial charge on any atom is -0.308 e. The smallest absolute Gasteiger partial charge is 0.236 e. The van der Waals surface area contributed by atoms with E-state index in [0.29, 0.717) is 11.6 Å². The predicted molar refractivity (Wildman–Crippen MR) is 169 cm³/mol. The van der Waals surface area contributed by atoms with Gasteiger partial charge in [-0.15, -0.1) is 0 Å². The molecule has 0 saturated heterocycles. The summed E-state index contributed by atoms with van der Waals surface area (Å²) in [6.45, 7) is 2.04. The fourth-order valence-electron chi connectivity index (χ4n) is 7.10. The number of aryl methyl sites for hydroxylation is 1. The molecule has 41 heavy (non-hydrogen) atoms. The third-order valence-corrected chi connectivity index (χ3v) is 8.81. The Morgan fingerprint density at radius 2 is 1.22 bits per heavy atom. The average molecular weight is 524 g/mol. The number of benzene rings is 5. The Hall–Kier alpha value is -5.55. The Morgan fingerprint density at radius 3 is 2.07 bits per heavy atom. The Labute approximate surface area is 233 Å². The fourth-order valence-corrected chi connectivity index (χ4v) is 7.10. The number of hydrogen-bond donors (Lipinski definition) is 0. The van der Waals surface area contributed by atoms with Crippen LogP contribution in [0.25, 0.3) is 87.7 Å². The van der Waals surface area contributed by atoms with Crippen LogP contribution in [0.5, 0.6) is 0 Å². The van der Waals surface area contributed by atoms with Crippen LogP contribution in [0.15, 0.2) is 109 Å². The zero-order valence-corrected chi connectivity index (χ0v) is 22.1. The molecule has 10 aromatic rings. The number of para-hydroxylation sites is 2. The predicted octanol–water partition coefficient (Wildman–Crippen LogP) is 8.73. The van der Waals surface area contributed by atoms with Crippen LogP contribution >= 0.6 is 0 Å². The fraction of sp³-hybridized carbons (Fsp3) is 0.0278. The van der Waals surface area contributed by atoms with Crippen LogP contribution in [-0.2, 0) is 0 Å². The molecule has 5 heteroatoms. The molecule has 0 N–H and O–H groups in total. The van der Waals surface area contributed by atoms with Crippen molar-refractivity contribution in [3.05, 3.63) is 115 Å². The number of pyridine rings is 1. The molecule has 0 bridgehead atoms. The zero-order valence-electron chi connectivity index (χ0n) is 22.1. The van der Waals surface area contributed by atoms with Crippen LogP contribution < -0.4 is 0 Å². The van der Waals surface area contributed by atoms with E-state index in [1.54, 1.807) is 6.20 Å². The van der Waals surface area contributed by atoms with E-state index in [-0.39, 0.29) is 0 Å². The van der Waals surface area contributed by atoms with Gasteiger partial charge in [-0.25, -0.2) is 9.97 Å². The van der Waals surface area contributed by atoms with E-state index in [4.69, 9.17) is 9.97 Å². The lowest BCUT2D eigenvalue weighted by atomic mass is 10.0. The van der Waals surface area contributed by atoms with E-state index in [9.17, 15) is 0 Å². The number of nitrogens with zero attached hydrogens (tertiary/aromatic N) is 5. The summed E-state index contributed by atoms with van der Waals surface area (Å²) in [5, 5.41) is 10.8. The topological polar surface area (TPSA) is 48.0 Å². The van der Waals surface area contributed by atoms with Crippen molar-refractivity contribution in [3.8, 4) is 5.95 Å². The molecule has 0 spiro atoms. The highest BCUT2D eigenvalue weighted by Gasteiger charge is 2.25. The Kier molecular flexibility index (Phi) is 3.81. The van der Waals surface area contributed by atoms with E-state index >= 15 is 0 Å². The lowest BCUT2D eigenvalue weighted by Crippen LogP contribution is -2.04. The van der Waals surface area contributed by atoms with Crippen LogP contribution in [0, 0.1) is 6.92 Å². The van der Waals surface area contributed by atoms with Crippen molar-refractivity contribution < 1.29 is 0 Å². The number of fused-ring (bicyclic) bond motifs is 12.